The highest BCUT2D eigenvalue weighted by molar-refractivity contribution is 5.80. The summed E-state index contributed by atoms with van der Waals surface area (Å²) in [5.74, 6) is 1.07. The van der Waals surface area contributed by atoms with E-state index >= 15 is 0 Å². The first-order valence-electron chi connectivity index (χ1n) is 10.5. The van der Waals surface area contributed by atoms with Gasteiger partial charge in [-0.05, 0) is 37.2 Å². The maximum atomic E-state index is 5.58. The summed E-state index contributed by atoms with van der Waals surface area (Å²) in [7, 11) is 1.92. The molecule has 0 amide bonds. The lowest BCUT2D eigenvalue weighted by Crippen LogP contribution is -2.47. The fourth-order valence-corrected chi connectivity index (χ4v) is 4.86. The van der Waals surface area contributed by atoms with E-state index in [1.165, 1.54) is 43.4 Å². The maximum Gasteiger partial charge on any atom is 0.193 e. The molecule has 27 heavy (non-hydrogen) atoms. The third-order valence-electron chi connectivity index (χ3n) is 6.77. The van der Waals surface area contributed by atoms with Crippen molar-refractivity contribution in [1.29, 1.82) is 0 Å². The summed E-state index contributed by atoms with van der Waals surface area (Å²) in [6.07, 6.45) is 5.55. The maximum absolute atomic E-state index is 5.58. The van der Waals surface area contributed by atoms with Crippen LogP contribution in [0.25, 0.3) is 0 Å². The molecule has 0 bridgehead atoms. The minimum absolute atomic E-state index is 0.353. The van der Waals surface area contributed by atoms with E-state index in [1.807, 2.05) is 7.05 Å². The molecule has 0 radical (unpaired) electrons. The second kappa shape index (κ2) is 8.19. The van der Waals surface area contributed by atoms with E-state index in [9.17, 15) is 0 Å². The first kappa shape index (κ1) is 18.8. The second-order valence-electron chi connectivity index (χ2n) is 8.53. The van der Waals surface area contributed by atoms with Gasteiger partial charge in [-0.3, -0.25) is 9.89 Å². The number of likely N-dealkylation sites (tertiary alicyclic amines) is 1. The topological polar surface area (TPSA) is 40.1 Å². The van der Waals surface area contributed by atoms with E-state index in [1.54, 1.807) is 0 Å². The van der Waals surface area contributed by atoms with Crippen LogP contribution in [0, 0.1) is 12.3 Å². The van der Waals surface area contributed by atoms with Crippen LogP contribution in [0.5, 0.6) is 0 Å². The van der Waals surface area contributed by atoms with Crippen LogP contribution in [0.2, 0.25) is 0 Å². The Morgan fingerprint density at radius 1 is 1.15 bits per heavy atom. The highest BCUT2D eigenvalue weighted by Crippen LogP contribution is 2.47. The highest BCUT2D eigenvalue weighted by Gasteiger charge is 2.43. The summed E-state index contributed by atoms with van der Waals surface area (Å²) in [5, 5.41) is 3.70. The quantitative estimate of drug-likeness (QED) is 0.654. The molecular formula is C22H34N4O. The summed E-state index contributed by atoms with van der Waals surface area (Å²) in [6, 6.07) is 9.35. The molecule has 0 aromatic heterocycles. The fourth-order valence-electron chi connectivity index (χ4n) is 4.86. The van der Waals surface area contributed by atoms with Gasteiger partial charge in [-0.1, -0.05) is 36.2 Å². The molecule has 2 heterocycles. The molecule has 148 valence electrons. The molecule has 5 nitrogen and oxygen atoms in total. The number of nitrogens with zero attached hydrogens (tertiary/aromatic N) is 3. The van der Waals surface area contributed by atoms with Crippen molar-refractivity contribution in [2.75, 3.05) is 53.0 Å². The minimum Gasteiger partial charge on any atom is -0.379 e. The number of guanidine groups is 1. The Hall–Kier alpha value is -1.59. The summed E-state index contributed by atoms with van der Waals surface area (Å²) in [5.41, 5.74) is 3.28. The lowest BCUT2D eigenvalue weighted by molar-refractivity contribution is 0.0169. The number of aliphatic imine (C=N–C) groups is 1. The normalized spacial score (nSPS) is 24.1. The predicted molar refractivity (Wildman–Crippen MR) is 110 cm³/mol. The Morgan fingerprint density at radius 2 is 1.89 bits per heavy atom. The second-order valence-corrected chi connectivity index (χ2v) is 8.53. The third-order valence-corrected chi connectivity index (χ3v) is 6.77. The van der Waals surface area contributed by atoms with E-state index in [4.69, 9.17) is 4.74 Å². The van der Waals surface area contributed by atoms with Gasteiger partial charge in [0, 0.05) is 39.8 Å². The Labute approximate surface area is 163 Å². The van der Waals surface area contributed by atoms with Gasteiger partial charge in [-0.2, -0.15) is 0 Å². The van der Waals surface area contributed by atoms with E-state index in [0.717, 1.165) is 45.4 Å². The number of aryl methyl sites for hydroxylation is 1. The van der Waals surface area contributed by atoms with Crippen LogP contribution in [0.3, 0.4) is 0 Å². The molecule has 3 fully saturated rings. The smallest absolute Gasteiger partial charge is 0.193 e. The summed E-state index contributed by atoms with van der Waals surface area (Å²) in [6.45, 7) is 9.00. The van der Waals surface area contributed by atoms with Crippen LogP contribution in [-0.4, -0.2) is 68.7 Å². The summed E-state index contributed by atoms with van der Waals surface area (Å²) < 4.78 is 5.58. The van der Waals surface area contributed by atoms with Crippen molar-refractivity contribution < 1.29 is 4.74 Å². The molecule has 1 aliphatic carbocycles. The predicted octanol–water partition coefficient (Wildman–Crippen LogP) is 2.82. The Bertz CT molecular complexity index is 647. The fraction of sp³-hybridized carbons (Fsp3) is 0.682. The van der Waals surface area contributed by atoms with Crippen molar-refractivity contribution in [1.82, 2.24) is 15.1 Å². The van der Waals surface area contributed by atoms with Crippen LogP contribution >= 0.6 is 0 Å². The Balaban J connectivity index is 1.43. The van der Waals surface area contributed by atoms with Gasteiger partial charge in [0.2, 0.25) is 0 Å². The van der Waals surface area contributed by atoms with Gasteiger partial charge in [-0.15, -0.1) is 0 Å². The number of morpholine rings is 1. The van der Waals surface area contributed by atoms with Gasteiger partial charge in [0.05, 0.1) is 19.3 Å². The summed E-state index contributed by atoms with van der Waals surface area (Å²) in [4.78, 5) is 9.63. The molecule has 1 atom stereocenters. The zero-order valence-electron chi connectivity index (χ0n) is 16.9. The average Bonchev–Trinajstić information content (AvgIpc) is 3.13. The number of hydrogen-bond donors (Lipinski definition) is 1. The molecule has 3 aliphatic rings. The van der Waals surface area contributed by atoms with Gasteiger partial charge in [0.15, 0.2) is 5.96 Å². The zero-order valence-corrected chi connectivity index (χ0v) is 16.9. The number of rotatable bonds is 4. The molecule has 1 unspecified atom stereocenters. The molecule has 1 aromatic rings. The van der Waals surface area contributed by atoms with Gasteiger partial charge < -0.3 is 15.0 Å². The van der Waals surface area contributed by atoms with Gasteiger partial charge in [-0.25, -0.2) is 0 Å². The lowest BCUT2D eigenvalue weighted by atomic mass is 9.68. The van der Waals surface area contributed by atoms with Crippen molar-refractivity contribution >= 4 is 5.96 Å². The molecule has 1 saturated carbocycles. The molecule has 4 rings (SSSR count). The number of ether oxygens (including phenoxy) is 1. The first-order valence-corrected chi connectivity index (χ1v) is 10.5. The highest BCUT2D eigenvalue weighted by atomic mass is 16.5. The third kappa shape index (κ3) is 4.14. The van der Waals surface area contributed by atoms with E-state index < -0.39 is 0 Å². The first-order chi connectivity index (χ1) is 13.2. The number of nitrogens with one attached hydrogen (secondary N) is 1. The van der Waals surface area contributed by atoms with E-state index in [0.29, 0.717) is 11.5 Å². The molecular weight excluding hydrogens is 336 g/mol. The van der Waals surface area contributed by atoms with E-state index in [2.05, 4.69) is 51.3 Å². The van der Waals surface area contributed by atoms with Crippen LogP contribution in [0.4, 0.5) is 0 Å². The molecule has 1 N–H and O–H groups in total. The minimum atomic E-state index is 0.353. The SMILES string of the molecule is CN=C(NCC(c1ccc(C)cc1)N1CCOCC1)N1CCC2(CCC2)C1. The van der Waals surface area contributed by atoms with Crippen LogP contribution < -0.4 is 5.32 Å². The van der Waals surface area contributed by atoms with Crippen molar-refractivity contribution in [3.63, 3.8) is 0 Å². The van der Waals surface area contributed by atoms with Crippen molar-refractivity contribution in [3.8, 4) is 0 Å². The molecule has 1 aromatic carbocycles. The molecule has 2 aliphatic heterocycles. The lowest BCUT2D eigenvalue weighted by Gasteiger charge is -2.38. The van der Waals surface area contributed by atoms with Crippen LogP contribution in [0.1, 0.15) is 42.9 Å². The van der Waals surface area contributed by atoms with Crippen molar-refractivity contribution in [2.45, 2.75) is 38.6 Å². The molecule has 1 spiro atoms. The zero-order chi connectivity index (χ0) is 18.7. The van der Waals surface area contributed by atoms with Crippen molar-refractivity contribution in [2.24, 2.45) is 10.4 Å². The van der Waals surface area contributed by atoms with Gasteiger partial charge in [0.25, 0.3) is 0 Å². The number of benzene rings is 1. The Morgan fingerprint density at radius 3 is 2.48 bits per heavy atom. The summed E-state index contributed by atoms with van der Waals surface area (Å²) >= 11 is 0. The van der Waals surface area contributed by atoms with Gasteiger partial charge >= 0.3 is 0 Å². The number of hydrogen-bond acceptors (Lipinski definition) is 3. The van der Waals surface area contributed by atoms with E-state index in [-0.39, 0.29) is 0 Å². The van der Waals surface area contributed by atoms with Crippen molar-refractivity contribution in [3.05, 3.63) is 35.4 Å². The monoisotopic (exact) mass is 370 g/mol. The molecule has 5 heteroatoms. The average molecular weight is 371 g/mol. The largest absolute Gasteiger partial charge is 0.379 e. The standard InChI is InChI=1S/C22H34N4O/c1-18-4-6-19(7-5-18)20(25-12-14-27-15-13-25)16-24-21(23-2)26-11-10-22(17-26)8-3-9-22/h4-7,20H,3,8-17H2,1-2H3,(H,23,24). The van der Waals surface area contributed by atoms with Crippen LogP contribution in [-0.2, 0) is 4.74 Å². The molecule has 2 saturated heterocycles. The van der Waals surface area contributed by atoms with Gasteiger partial charge in [0.1, 0.15) is 0 Å². The van der Waals surface area contributed by atoms with Crippen LogP contribution in [0.15, 0.2) is 29.3 Å². The Kier molecular flexibility index (Phi) is 5.69.